The Morgan fingerprint density at radius 2 is 1.94 bits per heavy atom. The summed E-state index contributed by atoms with van der Waals surface area (Å²) in [5.74, 6) is 0.346. The van der Waals surface area contributed by atoms with Crippen LogP contribution in [0.4, 0.5) is 0 Å². The Balaban J connectivity index is 1.60. The van der Waals surface area contributed by atoms with Crippen molar-refractivity contribution in [2.24, 2.45) is 0 Å². The highest BCUT2D eigenvalue weighted by Gasteiger charge is 2.25. The van der Waals surface area contributed by atoms with Crippen LogP contribution in [0, 0.1) is 0 Å². The van der Waals surface area contributed by atoms with Gasteiger partial charge in [-0.25, -0.2) is 8.42 Å². The van der Waals surface area contributed by atoms with Gasteiger partial charge in [-0.05, 0) is 48.6 Å². The summed E-state index contributed by atoms with van der Waals surface area (Å²) in [5, 5.41) is 2.91. The highest BCUT2D eigenvalue weighted by atomic mass is 32.2. The molecule has 2 atom stereocenters. The number of ether oxygens (including phenoxy) is 1. The van der Waals surface area contributed by atoms with E-state index in [4.69, 9.17) is 4.74 Å². The van der Waals surface area contributed by atoms with Crippen molar-refractivity contribution in [2.45, 2.75) is 43.5 Å². The predicted octanol–water partition coefficient (Wildman–Crippen LogP) is 2.62. The zero-order valence-corrected chi connectivity index (χ0v) is 20.8. The fraction of sp³-hybridized carbons (Fsp3) is 0.458. The van der Waals surface area contributed by atoms with Crippen molar-refractivity contribution >= 4 is 27.7 Å². The molecule has 2 aromatic rings. The second kappa shape index (κ2) is 12.5. The Bertz CT molecular complexity index is 1000. The maximum absolute atomic E-state index is 12.9. The van der Waals surface area contributed by atoms with E-state index in [1.54, 1.807) is 30.0 Å². The molecule has 180 valence electrons. The lowest BCUT2D eigenvalue weighted by Crippen LogP contribution is -2.46. The Labute approximate surface area is 201 Å². The van der Waals surface area contributed by atoms with E-state index in [1.807, 2.05) is 18.4 Å². The molecule has 2 N–H and O–H groups in total. The van der Waals surface area contributed by atoms with E-state index in [0.29, 0.717) is 18.7 Å². The number of hydrogen-bond donors (Lipinski definition) is 2. The third-order valence-corrected chi connectivity index (χ3v) is 7.60. The molecule has 1 saturated heterocycles. The molecule has 1 amide bonds. The monoisotopic (exact) mass is 491 g/mol. The summed E-state index contributed by atoms with van der Waals surface area (Å²) in [7, 11) is -3.78. The number of nitrogens with one attached hydrogen (secondary N) is 2. The summed E-state index contributed by atoms with van der Waals surface area (Å²) in [6.07, 6.45) is 2.58. The minimum atomic E-state index is -3.78. The van der Waals surface area contributed by atoms with Gasteiger partial charge in [-0.15, -0.1) is 0 Å². The first-order valence-corrected chi connectivity index (χ1v) is 14.0. The first kappa shape index (κ1) is 25.7. The van der Waals surface area contributed by atoms with Gasteiger partial charge in [0, 0.05) is 26.2 Å². The Morgan fingerprint density at radius 3 is 2.67 bits per heavy atom. The molecule has 2 aromatic carbocycles. The smallest absolute Gasteiger partial charge is 0.241 e. The van der Waals surface area contributed by atoms with Crippen molar-refractivity contribution in [2.75, 3.05) is 31.7 Å². The number of hydrogen-bond acceptors (Lipinski definition) is 6. The molecule has 1 aliphatic rings. The first-order valence-electron chi connectivity index (χ1n) is 11.1. The average molecular weight is 492 g/mol. The summed E-state index contributed by atoms with van der Waals surface area (Å²) in [6.45, 7) is 5.81. The van der Waals surface area contributed by atoms with Crippen molar-refractivity contribution in [1.82, 2.24) is 14.9 Å². The number of benzene rings is 2. The second-order valence-electron chi connectivity index (χ2n) is 8.22. The van der Waals surface area contributed by atoms with E-state index < -0.39 is 16.1 Å². The molecule has 2 unspecified atom stereocenters. The van der Waals surface area contributed by atoms with Crippen molar-refractivity contribution in [3.8, 4) is 0 Å². The normalized spacial score (nSPS) is 18.1. The molecule has 0 radical (unpaired) electrons. The van der Waals surface area contributed by atoms with Gasteiger partial charge in [0.2, 0.25) is 15.9 Å². The van der Waals surface area contributed by atoms with Crippen LogP contribution < -0.4 is 10.0 Å². The fourth-order valence-electron chi connectivity index (χ4n) is 3.78. The van der Waals surface area contributed by atoms with Crippen LogP contribution in [0.3, 0.4) is 0 Å². The zero-order chi connectivity index (χ0) is 23.7. The third kappa shape index (κ3) is 8.12. The van der Waals surface area contributed by atoms with Crippen LogP contribution in [0.15, 0.2) is 59.5 Å². The predicted molar refractivity (Wildman–Crippen MR) is 133 cm³/mol. The van der Waals surface area contributed by atoms with Crippen LogP contribution in [0.5, 0.6) is 0 Å². The fourth-order valence-corrected chi connectivity index (χ4v) is 5.50. The quantitative estimate of drug-likeness (QED) is 0.503. The Hall–Kier alpha value is -1.91. The number of carbonyl (C=O) groups is 1. The van der Waals surface area contributed by atoms with E-state index in [2.05, 4.69) is 34.0 Å². The lowest BCUT2D eigenvalue weighted by atomic mass is 10.1. The molecular weight excluding hydrogens is 458 g/mol. The average Bonchev–Trinajstić information content (AvgIpc) is 2.81. The molecule has 0 spiro atoms. The topological polar surface area (TPSA) is 87.7 Å². The summed E-state index contributed by atoms with van der Waals surface area (Å²) < 4.78 is 33.6. The van der Waals surface area contributed by atoms with E-state index in [-0.39, 0.29) is 16.9 Å². The van der Waals surface area contributed by atoms with E-state index >= 15 is 0 Å². The molecule has 9 heteroatoms. The van der Waals surface area contributed by atoms with E-state index in [0.717, 1.165) is 31.8 Å². The molecule has 0 saturated carbocycles. The van der Waals surface area contributed by atoms with Crippen LogP contribution in [-0.4, -0.2) is 63.1 Å². The van der Waals surface area contributed by atoms with Gasteiger partial charge >= 0.3 is 0 Å². The van der Waals surface area contributed by atoms with Crippen LogP contribution in [0.2, 0.25) is 0 Å². The molecule has 0 aromatic heterocycles. The Morgan fingerprint density at radius 1 is 1.18 bits per heavy atom. The van der Waals surface area contributed by atoms with Gasteiger partial charge in [-0.3, -0.25) is 9.69 Å². The number of nitrogens with zero attached hydrogens (tertiary/aromatic N) is 1. The van der Waals surface area contributed by atoms with Gasteiger partial charge in [-0.1, -0.05) is 42.5 Å². The molecule has 33 heavy (non-hydrogen) atoms. The summed E-state index contributed by atoms with van der Waals surface area (Å²) in [6, 6.07) is 15.4. The van der Waals surface area contributed by atoms with Crippen LogP contribution in [-0.2, 0) is 32.6 Å². The van der Waals surface area contributed by atoms with Crippen LogP contribution >= 0.6 is 11.8 Å². The third-order valence-electron chi connectivity index (χ3n) is 5.47. The second-order valence-corrected chi connectivity index (χ2v) is 10.9. The summed E-state index contributed by atoms with van der Waals surface area (Å²) in [5.41, 5.74) is 2.16. The maximum Gasteiger partial charge on any atom is 0.241 e. The molecule has 1 fully saturated rings. The lowest BCUT2D eigenvalue weighted by molar-refractivity contribution is -0.122. The summed E-state index contributed by atoms with van der Waals surface area (Å²) >= 11 is 1.57. The molecule has 3 rings (SSSR count). The van der Waals surface area contributed by atoms with Crippen LogP contribution in [0.1, 0.15) is 24.5 Å². The number of sulfonamides is 1. The lowest BCUT2D eigenvalue weighted by Gasteiger charge is -2.31. The van der Waals surface area contributed by atoms with Crippen molar-refractivity contribution in [3.63, 3.8) is 0 Å². The molecule has 7 nitrogen and oxygen atoms in total. The maximum atomic E-state index is 12.9. The largest absolute Gasteiger partial charge is 0.376 e. The molecular formula is C24H33N3O4S2. The minimum Gasteiger partial charge on any atom is -0.376 e. The number of amides is 1. The van der Waals surface area contributed by atoms with Crippen molar-refractivity contribution < 1.29 is 17.9 Å². The molecule has 1 heterocycles. The number of thioether (sulfide) groups is 1. The Kier molecular flexibility index (Phi) is 9.76. The number of morpholine rings is 1. The van der Waals surface area contributed by atoms with Gasteiger partial charge in [0.05, 0.1) is 17.6 Å². The van der Waals surface area contributed by atoms with Crippen molar-refractivity contribution in [1.29, 1.82) is 0 Å². The molecule has 1 aliphatic heterocycles. The summed E-state index contributed by atoms with van der Waals surface area (Å²) in [4.78, 5) is 15.4. The van der Waals surface area contributed by atoms with Crippen molar-refractivity contribution in [3.05, 3.63) is 65.7 Å². The van der Waals surface area contributed by atoms with Gasteiger partial charge in [-0.2, -0.15) is 16.5 Å². The van der Waals surface area contributed by atoms with Crippen LogP contribution in [0.25, 0.3) is 0 Å². The number of carbonyl (C=O) groups excluding carboxylic acids is 1. The first-order chi connectivity index (χ1) is 15.9. The number of rotatable bonds is 11. The highest BCUT2D eigenvalue weighted by Crippen LogP contribution is 2.13. The van der Waals surface area contributed by atoms with Gasteiger partial charge in [0.25, 0.3) is 0 Å². The van der Waals surface area contributed by atoms with Gasteiger partial charge in [0.1, 0.15) is 6.04 Å². The van der Waals surface area contributed by atoms with E-state index in [1.165, 1.54) is 17.7 Å². The standard InChI is InChI=1S/C24H33N3O4S2/c1-19-17-27(12-13-31-19)18-21-8-6-7-20(15-21)16-25-24(28)23(11-14-32-2)26-33(29,30)22-9-4-3-5-10-22/h3-10,15,19,23,26H,11-14,16-18H2,1-2H3,(H,25,28). The SMILES string of the molecule is CSCCC(NS(=O)(=O)c1ccccc1)C(=O)NCc1cccc(CN2CCOC(C)C2)c1. The minimum absolute atomic E-state index is 0.150. The van der Waals surface area contributed by atoms with Gasteiger partial charge in [0.15, 0.2) is 0 Å². The molecule has 0 bridgehead atoms. The zero-order valence-electron chi connectivity index (χ0n) is 19.2. The highest BCUT2D eigenvalue weighted by molar-refractivity contribution is 7.98. The van der Waals surface area contributed by atoms with E-state index in [9.17, 15) is 13.2 Å². The van der Waals surface area contributed by atoms with Gasteiger partial charge < -0.3 is 10.1 Å². The molecule has 0 aliphatic carbocycles.